The van der Waals surface area contributed by atoms with E-state index >= 15 is 0 Å². The van der Waals surface area contributed by atoms with Crippen LogP contribution in [0.1, 0.15) is 9.67 Å². The molecule has 0 spiro atoms. The first-order chi connectivity index (χ1) is 8.95. The van der Waals surface area contributed by atoms with Crippen LogP contribution in [0.25, 0.3) is 0 Å². The number of nitrogens with one attached hydrogen (secondary N) is 1. The summed E-state index contributed by atoms with van der Waals surface area (Å²) >= 11 is 1.25. The lowest BCUT2D eigenvalue weighted by molar-refractivity contribution is -0.143. The summed E-state index contributed by atoms with van der Waals surface area (Å²) in [6.07, 6.45) is 0. The number of aliphatic carboxylic acids is 1. The molecule has 0 saturated carbocycles. The topological polar surface area (TPSA) is 107 Å². The molecule has 7 nitrogen and oxygen atoms in total. The van der Waals surface area contributed by atoms with E-state index in [0.29, 0.717) is 4.88 Å². The van der Waals surface area contributed by atoms with Crippen LogP contribution in [0.3, 0.4) is 0 Å². The lowest BCUT2D eigenvalue weighted by atomic mass is 10.3. The van der Waals surface area contributed by atoms with Crippen molar-refractivity contribution in [3.05, 3.63) is 22.4 Å². The van der Waals surface area contributed by atoms with Crippen molar-refractivity contribution >= 4 is 29.1 Å². The molecule has 0 aliphatic carbocycles. The number of carboxylic acids is 1. The number of likely N-dealkylation sites (N-methyl/N-ethyl adjacent to an activating group) is 1. The summed E-state index contributed by atoms with van der Waals surface area (Å²) < 4.78 is 0. The number of hydrogen-bond donors (Lipinski definition) is 3. The Labute approximate surface area is 113 Å². The van der Waals surface area contributed by atoms with Crippen molar-refractivity contribution in [2.75, 3.05) is 20.2 Å². The molecule has 1 rings (SSSR count). The Morgan fingerprint density at radius 3 is 2.63 bits per heavy atom. The molecule has 1 unspecified atom stereocenters. The van der Waals surface area contributed by atoms with Gasteiger partial charge in [0, 0.05) is 7.05 Å². The van der Waals surface area contributed by atoms with Gasteiger partial charge in [0.05, 0.1) is 18.0 Å². The number of aliphatic hydroxyl groups excluding tert-OH is 1. The van der Waals surface area contributed by atoms with Gasteiger partial charge in [0.2, 0.25) is 5.91 Å². The van der Waals surface area contributed by atoms with Crippen LogP contribution < -0.4 is 5.32 Å². The van der Waals surface area contributed by atoms with E-state index in [2.05, 4.69) is 5.32 Å². The molecule has 1 aromatic heterocycles. The van der Waals surface area contributed by atoms with Gasteiger partial charge in [0.25, 0.3) is 5.91 Å². The molecule has 1 heterocycles. The van der Waals surface area contributed by atoms with E-state index in [4.69, 9.17) is 10.2 Å². The zero-order valence-electron chi connectivity index (χ0n) is 10.2. The summed E-state index contributed by atoms with van der Waals surface area (Å²) in [4.78, 5) is 35.6. The number of carboxylic acid groups (broad SMARTS) is 1. The molecule has 0 aromatic carbocycles. The van der Waals surface area contributed by atoms with Crippen LogP contribution in [0.15, 0.2) is 17.5 Å². The average molecular weight is 286 g/mol. The lowest BCUT2D eigenvalue weighted by Crippen LogP contribution is -2.47. The number of carbonyl (C=O) groups excluding carboxylic acids is 2. The minimum absolute atomic E-state index is 0.277. The van der Waals surface area contributed by atoms with Gasteiger partial charge >= 0.3 is 5.97 Å². The second-order valence-electron chi connectivity index (χ2n) is 3.78. The van der Waals surface area contributed by atoms with E-state index in [9.17, 15) is 14.4 Å². The first-order valence-electron chi connectivity index (χ1n) is 5.37. The number of carbonyl (C=O) groups is 3. The maximum absolute atomic E-state index is 11.8. The van der Waals surface area contributed by atoms with Crippen molar-refractivity contribution in [2.45, 2.75) is 6.04 Å². The molecule has 3 N–H and O–H groups in total. The molecule has 0 fully saturated rings. The fourth-order valence-electron chi connectivity index (χ4n) is 1.30. The Morgan fingerprint density at radius 2 is 2.16 bits per heavy atom. The van der Waals surface area contributed by atoms with E-state index in [1.807, 2.05) is 0 Å². The van der Waals surface area contributed by atoms with Crippen LogP contribution in [0.4, 0.5) is 0 Å². The summed E-state index contributed by atoms with van der Waals surface area (Å²) in [5, 5.41) is 21.3. The predicted octanol–water partition coefficient (Wildman–Crippen LogP) is -0.618. The van der Waals surface area contributed by atoms with Crippen molar-refractivity contribution in [3.63, 3.8) is 0 Å². The third-order valence-corrected chi connectivity index (χ3v) is 3.13. The molecule has 104 valence electrons. The molecule has 2 amide bonds. The Hall–Kier alpha value is -1.93. The summed E-state index contributed by atoms with van der Waals surface area (Å²) in [6.45, 7) is -0.982. The van der Waals surface area contributed by atoms with Gasteiger partial charge < -0.3 is 20.4 Å². The fourth-order valence-corrected chi connectivity index (χ4v) is 2.02. The zero-order chi connectivity index (χ0) is 14.4. The Balaban J connectivity index is 2.52. The van der Waals surface area contributed by atoms with E-state index in [1.165, 1.54) is 23.3 Å². The molecule has 1 aromatic rings. The highest BCUT2D eigenvalue weighted by Gasteiger charge is 2.21. The monoisotopic (exact) mass is 286 g/mol. The average Bonchev–Trinajstić information content (AvgIpc) is 2.88. The molecule has 19 heavy (non-hydrogen) atoms. The highest BCUT2D eigenvalue weighted by Crippen LogP contribution is 2.10. The second-order valence-corrected chi connectivity index (χ2v) is 4.73. The smallest absolute Gasteiger partial charge is 0.328 e. The standard InChI is InChI=1S/C11H14N2O5S/c1-13(10(16)8-3-2-4-19-8)5-9(15)12-7(6-14)11(17)18/h2-4,7,14H,5-6H2,1H3,(H,12,15)(H,17,18). The van der Waals surface area contributed by atoms with Crippen molar-refractivity contribution in [1.82, 2.24) is 10.2 Å². The van der Waals surface area contributed by atoms with Crippen LogP contribution >= 0.6 is 11.3 Å². The Kier molecular flexibility index (Phi) is 5.46. The van der Waals surface area contributed by atoms with Gasteiger partial charge in [-0.3, -0.25) is 9.59 Å². The van der Waals surface area contributed by atoms with Crippen LogP contribution in [0.2, 0.25) is 0 Å². The Morgan fingerprint density at radius 1 is 1.47 bits per heavy atom. The number of amides is 2. The molecule has 0 aliphatic heterocycles. The van der Waals surface area contributed by atoms with E-state index in [-0.39, 0.29) is 12.5 Å². The predicted molar refractivity (Wildman–Crippen MR) is 67.9 cm³/mol. The molecular weight excluding hydrogens is 272 g/mol. The fraction of sp³-hybridized carbons (Fsp3) is 0.364. The lowest BCUT2D eigenvalue weighted by Gasteiger charge is -2.17. The zero-order valence-corrected chi connectivity index (χ0v) is 11.0. The highest BCUT2D eigenvalue weighted by atomic mass is 32.1. The first kappa shape index (κ1) is 15.1. The number of nitrogens with zero attached hydrogens (tertiary/aromatic N) is 1. The minimum Gasteiger partial charge on any atom is -0.480 e. The number of hydrogen-bond acceptors (Lipinski definition) is 5. The molecule has 0 radical (unpaired) electrons. The molecular formula is C11H14N2O5S. The first-order valence-corrected chi connectivity index (χ1v) is 6.25. The minimum atomic E-state index is -1.36. The molecule has 0 aliphatic rings. The van der Waals surface area contributed by atoms with Crippen molar-refractivity contribution in [2.24, 2.45) is 0 Å². The van der Waals surface area contributed by atoms with E-state index in [1.54, 1.807) is 17.5 Å². The van der Waals surface area contributed by atoms with Crippen molar-refractivity contribution < 1.29 is 24.6 Å². The Bertz CT molecular complexity index is 460. The van der Waals surface area contributed by atoms with Crippen LogP contribution in [-0.4, -0.2) is 59.1 Å². The third-order valence-electron chi connectivity index (χ3n) is 2.28. The highest BCUT2D eigenvalue weighted by molar-refractivity contribution is 7.12. The molecule has 1 atom stereocenters. The van der Waals surface area contributed by atoms with Gasteiger partial charge in [-0.2, -0.15) is 0 Å². The normalized spacial score (nSPS) is 11.7. The number of thiophene rings is 1. The quantitative estimate of drug-likeness (QED) is 0.646. The van der Waals surface area contributed by atoms with Crippen LogP contribution in [-0.2, 0) is 9.59 Å². The van der Waals surface area contributed by atoms with E-state index < -0.39 is 24.5 Å². The van der Waals surface area contributed by atoms with Gasteiger partial charge in [-0.1, -0.05) is 6.07 Å². The summed E-state index contributed by atoms with van der Waals surface area (Å²) in [5.41, 5.74) is 0. The summed E-state index contributed by atoms with van der Waals surface area (Å²) in [6, 6.07) is 1.99. The maximum atomic E-state index is 11.8. The van der Waals surface area contributed by atoms with Gasteiger partial charge in [0.1, 0.15) is 6.04 Å². The van der Waals surface area contributed by atoms with Gasteiger partial charge in [0.15, 0.2) is 0 Å². The summed E-state index contributed by atoms with van der Waals surface area (Å²) in [7, 11) is 1.44. The third kappa shape index (κ3) is 4.34. The van der Waals surface area contributed by atoms with Crippen molar-refractivity contribution in [3.8, 4) is 0 Å². The second kappa shape index (κ2) is 6.86. The van der Waals surface area contributed by atoms with Crippen molar-refractivity contribution in [1.29, 1.82) is 0 Å². The molecule has 8 heteroatoms. The number of aliphatic hydroxyl groups is 1. The van der Waals surface area contributed by atoms with Gasteiger partial charge in [-0.25, -0.2) is 4.79 Å². The molecule has 0 bridgehead atoms. The van der Waals surface area contributed by atoms with Gasteiger partial charge in [-0.15, -0.1) is 11.3 Å². The largest absolute Gasteiger partial charge is 0.480 e. The van der Waals surface area contributed by atoms with Gasteiger partial charge in [-0.05, 0) is 11.4 Å². The van der Waals surface area contributed by atoms with Crippen LogP contribution in [0, 0.1) is 0 Å². The van der Waals surface area contributed by atoms with Crippen LogP contribution in [0.5, 0.6) is 0 Å². The SMILES string of the molecule is CN(CC(=O)NC(CO)C(=O)O)C(=O)c1cccs1. The number of rotatable bonds is 6. The summed E-state index contributed by atoms with van der Waals surface area (Å²) in [5.74, 6) is -2.29. The van der Waals surface area contributed by atoms with E-state index in [0.717, 1.165) is 0 Å². The molecule has 0 saturated heterocycles. The maximum Gasteiger partial charge on any atom is 0.328 e.